The number of methoxy groups -OCH3 is 1. The Labute approximate surface area is 149 Å². The molecular weight excluding hydrogens is 318 g/mol. The summed E-state index contributed by atoms with van der Waals surface area (Å²) in [4.78, 5) is 31.2. The number of benzene rings is 1. The van der Waals surface area contributed by atoms with Crippen molar-refractivity contribution in [1.29, 1.82) is 0 Å². The van der Waals surface area contributed by atoms with Gasteiger partial charge in [-0.1, -0.05) is 25.1 Å². The van der Waals surface area contributed by atoms with Gasteiger partial charge in [0.1, 0.15) is 5.75 Å². The molecule has 0 aromatic heterocycles. The molecule has 2 aliphatic heterocycles. The molecule has 2 aliphatic rings. The molecule has 2 saturated heterocycles. The monoisotopic (exact) mass is 345 g/mol. The molecule has 2 amide bonds. The van der Waals surface area contributed by atoms with Crippen molar-refractivity contribution in [1.82, 2.24) is 14.7 Å². The Hall–Kier alpha value is -2.08. The minimum Gasteiger partial charge on any atom is -0.496 e. The zero-order valence-electron chi connectivity index (χ0n) is 15.1. The first-order chi connectivity index (χ1) is 12.1. The fraction of sp³-hybridized carbons (Fsp3) is 0.579. The van der Waals surface area contributed by atoms with E-state index >= 15 is 0 Å². The van der Waals surface area contributed by atoms with Crippen LogP contribution in [0.1, 0.15) is 18.9 Å². The summed E-state index contributed by atoms with van der Waals surface area (Å²) in [6, 6.07) is 7.71. The molecule has 1 aromatic carbocycles. The van der Waals surface area contributed by atoms with Crippen molar-refractivity contribution >= 4 is 11.8 Å². The summed E-state index contributed by atoms with van der Waals surface area (Å²) in [6.45, 7) is 7.55. The lowest BCUT2D eigenvalue weighted by molar-refractivity contribution is -0.137. The number of hydrogen-bond acceptors (Lipinski definition) is 4. The molecule has 6 heteroatoms. The van der Waals surface area contributed by atoms with E-state index in [9.17, 15) is 9.59 Å². The van der Waals surface area contributed by atoms with Gasteiger partial charge in [-0.2, -0.15) is 0 Å². The van der Waals surface area contributed by atoms with Crippen LogP contribution >= 0.6 is 0 Å². The molecule has 0 saturated carbocycles. The number of para-hydroxylation sites is 1. The van der Waals surface area contributed by atoms with Crippen LogP contribution in [0, 0.1) is 5.92 Å². The number of carbonyl (C=O) groups excluding carboxylic acids is 2. The van der Waals surface area contributed by atoms with Gasteiger partial charge in [-0.25, -0.2) is 0 Å². The number of piperazine rings is 1. The lowest BCUT2D eigenvalue weighted by Gasteiger charge is -2.35. The fourth-order valence-corrected chi connectivity index (χ4v) is 3.67. The van der Waals surface area contributed by atoms with Crippen LogP contribution in [0.5, 0.6) is 5.75 Å². The van der Waals surface area contributed by atoms with Gasteiger partial charge in [-0.05, 0) is 12.6 Å². The first-order valence-corrected chi connectivity index (χ1v) is 9.03. The lowest BCUT2D eigenvalue weighted by atomic mass is 10.1. The van der Waals surface area contributed by atoms with Crippen LogP contribution in [-0.2, 0) is 16.1 Å². The fourth-order valence-electron chi connectivity index (χ4n) is 3.67. The molecule has 2 fully saturated rings. The molecule has 0 bridgehead atoms. The van der Waals surface area contributed by atoms with Gasteiger partial charge >= 0.3 is 0 Å². The largest absolute Gasteiger partial charge is 0.496 e. The van der Waals surface area contributed by atoms with E-state index in [0.717, 1.165) is 44.0 Å². The van der Waals surface area contributed by atoms with E-state index < -0.39 is 0 Å². The van der Waals surface area contributed by atoms with E-state index in [2.05, 4.69) is 11.8 Å². The minimum atomic E-state index is -0.213. The number of likely N-dealkylation sites (N-methyl/N-ethyl adjacent to an activating group) is 1. The Morgan fingerprint density at radius 1 is 1.20 bits per heavy atom. The van der Waals surface area contributed by atoms with Crippen molar-refractivity contribution in [3.63, 3.8) is 0 Å². The van der Waals surface area contributed by atoms with E-state index in [1.54, 1.807) is 12.0 Å². The number of rotatable bonds is 5. The van der Waals surface area contributed by atoms with Gasteiger partial charge in [0.2, 0.25) is 11.8 Å². The zero-order valence-corrected chi connectivity index (χ0v) is 15.1. The van der Waals surface area contributed by atoms with Gasteiger partial charge in [0.15, 0.2) is 0 Å². The van der Waals surface area contributed by atoms with Crippen LogP contribution < -0.4 is 4.74 Å². The van der Waals surface area contributed by atoms with Gasteiger partial charge in [-0.15, -0.1) is 0 Å². The van der Waals surface area contributed by atoms with E-state index in [4.69, 9.17) is 4.74 Å². The second kappa shape index (κ2) is 7.87. The Morgan fingerprint density at radius 3 is 2.60 bits per heavy atom. The standard InChI is InChI=1S/C19H27N3O3/c1-3-20-8-10-21(11-9-20)19(24)16-12-18(23)22(14-16)13-15-6-4-5-7-17(15)25-2/h4-7,16H,3,8-14H2,1-2H3/t16-/m1/s1. The highest BCUT2D eigenvalue weighted by atomic mass is 16.5. The summed E-state index contributed by atoms with van der Waals surface area (Å²) in [6.07, 6.45) is 0.321. The Balaban J connectivity index is 1.59. The molecule has 6 nitrogen and oxygen atoms in total. The maximum atomic E-state index is 12.8. The Bertz CT molecular complexity index is 626. The molecule has 0 N–H and O–H groups in total. The number of hydrogen-bond donors (Lipinski definition) is 0. The summed E-state index contributed by atoms with van der Waals surface area (Å²) in [5.74, 6) is 0.749. The van der Waals surface area contributed by atoms with Crippen molar-refractivity contribution < 1.29 is 14.3 Å². The number of nitrogens with zero attached hydrogens (tertiary/aromatic N) is 3. The van der Waals surface area contributed by atoms with Gasteiger partial charge in [0.05, 0.1) is 13.0 Å². The molecule has 0 unspecified atom stereocenters. The molecule has 0 spiro atoms. The molecule has 3 rings (SSSR count). The van der Waals surface area contributed by atoms with Crippen LogP contribution in [-0.4, -0.2) is 72.9 Å². The minimum absolute atomic E-state index is 0.0523. The highest BCUT2D eigenvalue weighted by Crippen LogP contribution is 2.26. The molecular formula is C19H27N3O3. The third-order valence-corrected chi connectivity index (χ3v) is 5.25. The topological polar surface area (TPSA) is 53.1 Å². The number of carbonyl (C=O) groups is 2. The molecule has 2 heterocycles. The van der Waals surface area contributed by atoms with Crippen LogP contribution in [0.3, 0.4) is 0 Å². The van der Waals surface area contributed by atoms with Crippen LogP contribution in [0.15, 0.2) is 24.3 Å². The highest BCUT2D eigenvalue weighted by molar-refractivity contribution is 5.89. The van der Waals surface area contributed by atoms with Crippen LogP contribution in [0.25, 0.3) is 0 Å². The smallest absolute Gasteiger partial charge is 0.228 e. The second-order valence-electron chi connectivity index (χ2n) is 6.75. The average Bonchev–Trinajstić information content (AvgIpc) is 3.02. The second-order valence-corrected chi connectivity index (χ2v) is 6.75. The van der Waals surface area contributed by atoms with Gasteiger partial charge < -0.3 is 19.4 Å². The molecule has 1 atom stereocenters. The van der Waals surface area contributed by atoms with Crippen LogP contribution in [0.4, 0.5) is 0 Å². The molecule has 0 aliphatic carbocycles. The van der Waals surface area contributed by atoms with Gasteiger partial charge in [0.25, 0.3) is 0 Å². The summed E-state index contributed by atoms with van der Waals surface area (Å²) in [7, 11) is 1.63. The molecule has 0 radical (unpaired) electrons. The van der Waals surface area contributed by atoms with Crippen molar-refractivity contribution in [2.45, 2.75) is 19.9 Å². The Kier molecular flexibility index (Phi) is 5.58. The predicted octanol–water partition coefficient (Wildman–Crippen LogP) is 1.21. The summed E-state index contributed by atoms with van der Waals surface area (Å²) in [5.41, 5.74) is 0.975. The van der Waals surface area contributed by atoms with Gasteiger partial charge in [0, 0.05) is 51.3 Å². The average molecular weight is 345 g/mol. The number of likely N-dealkylation sites (tertiary alicyclic amines) is 1. The van der Waals surface area contributed by atoms with Crippen LogP contribution in [0.2, 0.25) is 0 Å². The maximum absolute atomic E-state index is 12.8. The third-order valence-electron chi connectivity index (χ3n) is 5.25. The third kappa shape index (κ3) is 3.95. The van der Waals surface area contributed by atoms with Gasteiger partial charge in [-0.3, -0.25) is 9.59 Å². The normalized spacial score (nSPS) is 21.7. The van der Waals surface area contributed by atoms with Crippen molar-refractivity contribution in [3.8, 4) is 5.75 Å². The quantitative estimate of drug-likeness (QED) is 0.805. The highest BCUT2D eigenvalue weighted by Gasteiger charge is 2.37. The van der Waals surface area contributed by atoms with Crippen molar-refractivity contribution in [2.75, 3.05) is 46.4 Å². The number of amides is 2. The van der Waals surface area contributed by atoms with E-state index in [1.165, 1.54) is 0 Å². The summed E-state index contributed by atoms with van der Waals surface area (Å²) < 4.78 is 5.36. The van der Waals surface area contributed by atoms with Crippen molar-refractivity contribution in [3.05, 3.63) is 29.8 Å². The summed E-state index contributed by atoms with van der Waals surface area (Å²) in [5, 5.41) is 0. The first kappa shape index (κ1) is 17.7. The SMILES string of the molecule is CCN1CCN(C(=O)[C@@H]2CC(=O)N(Cc3ccccc3OC)C2)CC1. The molecule has 25 heavy (non-hydrogen) atoms. The Morgan fingerprint density at radius 2 is 1.92 bits per heavy atom. The maximum Gasteiger partial charge on any atom is 0.228 e. The lowest BCUT2D eigenvalue weighted by Crippen LogP contribution is -2.50. The van der Waals surface area contributed by atoms with E-state index in [0.29, 0.717) is 19.5 Å². The molecule has 1 aromatic rings. The number of ether oxygens (including phenoxy) is 1. The first-order valence-electron chi connectivity index (χ1n) is 9.03. The van der Waals surface area contributed by atoms with Crippen molar-refractivity contribution in [2.24, 2.45) is 5.92 Å². The van der Waals surface area contributed by atoms with E-state index in [1.807, 2.05) is 29.2 Å². The summed E-state index contributed by atoms with van der Waals surface area (Å²) >= 11 is 0. The zero-order chi connectivity index (χ0) is 17.8. The van der Waals surface area contributed by atoms with E-state index in [-0.39, 0.29) is 17.7 Å². The molecule has 136 valence electrons. The predicted molar refractivity (Wildman–Crippen MR) is 95.2 cm³/mol.